The van der Waals surface area contributed by atoms with Crippen LogP contribution in [0, 0.1) is 0 Å². The molecule has 0 saturated carbocycles. The van der Waals surface area contributed by atoms with E-state index in [1.165, 1.54) is 4.90 Å². The molecule has 3 N–H and O–H groups in total. The molecular formula is C21H18N2O4. The molecule has 0 spiro atoms. The molecule has 2 amide bonds. The second-order valence-corrected chi connectivity index (χ2v) is 6.39. The fourth-order valence-corrected chi connectivity index (χ4v) is 3.35. The van der Waals surface area contributed by atoms with Gasteiger partial charge in [0, 0.05) is 34.1 Å². The molecule has 0 fully saturated rings. The monoisotopic (exact) mass is 362 g/mol. The number of anilines is 2. The molecule has 3 aromatic rings. The van der Waals surface area contributed by atoms with Gasteiger partial charge in [-0.15, -0.1) is 0 Å². The van der Waals surface area contributed by atoms with Gasteiger partial charge in [-0.3, -0.25) is 9.59 Å². The Labute approximate surface area is 155 Å². The van der Waals surface area contributed by atoms with Gasteiger partial charge < -0.3 is 15.5 Å². The summed E-state index contributed by atoms with van der Waals surface area (Å²) < 4.78 is 0. The summed E-state index contributed by atoms with van der Waals surface area (Å²) in [4.78, 5) is 27.3. The number of para-hydroxylation sites is 1. The van der Waals surface area contributed by atoms with Crippen LogP contribution in [0.4, 0.5) is 11.4 Å². The minimum atomic E-state index is -0.896. The van der Waals surface area contributed by atoms with Crippen molar-refractivity contribution in [2.24, 2.45) is 0 Å². The largest absolute Gasteiger partial charge is 0.394 e. The molecule has 1 unspecified atom stereocenters. The Balaban J connectivity index is 1.83. The predicted octanol–water partition coefficient (Wildman–Crippen LogP) is 2.41. The van der Waals surface area contributed by atoms with E-state index >= 15 is 0 Å². The van der Waals surface area contributed by atoms with Crippen LogP contribution in [0.2, 0.25) is 0 Å². The predicted molar refractivity (Wildman–Crippen MR) is 103 cm³/mol. The van der Waals surface area contributed by atoms with Crippen molar-refractivity contribution < 1.29 is 19.8 Å². The van der Waals surface area contributed by atoms with Crippen LogP contribution in [0.5, 0.6) is 0 Å². The van der Waals surface area contributed by atoms with Gasteiger partial charge >= 0.3 is 0 Å². The maximum absolute atomic E-state index is 13.0. The molecule has 1 aliphatic heterocycles. The lowest BCUT2D eigenvalue weighted by Crippen LogP contribution is -2.40. The van der Waals surface area contributed by atoms with Crippen molar-refractivity contribution in [2.75, 3.05) is 23.4 Å². The molecule has 0 bridgehead atoms. The number of nitrogens with one attached hydrogen (secondary N) is 1. The summed E-state index contributed by atoms with van der Waals surface area (Å²) in [5.41, 5.74) is 2.13. The smallest absolute Gasteiger partial charge is 0.265 e. The first-order valence-electron chi connectivity index (χ1n) is 8.64. The number of aliphatic hydroxyl groups excluding tert-OH is 2. The van der Waals surface area contributed by atoms with Crippen molar-refractivity contribution >= 4 is 34.0 Å². The average molecular weight is 362 g/mol. The van der Waals surface area contributed by atoms with E-state index in [1.807, 2.05) is 12.1 Å². The summed E-state index contributed by atoms with van der Waals surface area (Å²) >= 11 is 0. The summed E-state index contributed by atoms with van der Waals surface area (Å²) in [6, 6.07) is 17.6. The molecule has 0 radical (unpaired) electrons. The highest BCUT2D eigenvalue weighted by Crippen LogP contribution is 2.36. The minimum Gasteiger partial charge on any atom is -0.394 e. The van der Waals surface area contributed by atoms with Gasteiger partial charge in [0.1, 0.15) is 0 Å². The third-order valence-corrected chi connectivity index (χ3v) is 4.66. The normalized spacial score (nSPS) is 14.5. The number of hydrogen-bond acceptors (Lipinski definition) is 5. The molecule has 0 aliphatic carbocycles. The van der Waals surface area contributed by atoms with Gasteiger partial charge in [0.05, 0.1) is 18.4 Å². The Hall–Kier alpha value is -3.22. The molecular weight excluding hydrogens is 344 g/mol. The number of carbonyl (C=O) groups is 2. The van der Waals surface area contributed by atoms with Gasteiger partial charge in [-0.2, -0.15) is 0 Å². The molecule has 0 aromatic heterocycles. The Morgan fingerprint density at radius 1 is 0.889 bits per heavy atom. The molecule has 6 nitrogen and oxygen atoms in total. The van der Waals surface area contributed by atoms with E-state index < -0.39 is 6.10 Å². The minimum absolute atomic E-state index is 0.160. The Morgan fingerprint density at radius 3 is 2.30 bits per heavy atom. The number of carbonyl (C=O) groups excluding carboxylic acids is 2. The molecule has 4 rings (SSSR count). The zero-order chi connectivity index (χ0) is 19.0. The van der Waals surface area contributed by atoms with Gasteiger partial charge in [-0.1, -0.05) is 30.3 Å². The van der Waals surface area contributed by atoms with Crippen molar-refractivity contribution in [2.45, 2.75) is 6.10 Å². The quantitative estimate of drug-likeness (QED) is 0.607. The van der Waals surface area contributed by atoms with Gasteiger partial charge in [0.2, 0.25) is 0 Å². The van der Waals surface area contributed by atoms with E-state index in [-0.39, 0.29) is 25.0 Å². The van der Waals surface area contributed by atoms with E-state index in [4.69, 9.17) is 5.11 Å². The SMILES string of the molecule is O=C1c2cccc3c(NCC(O)CO)ccc(c23)C(=O)N1c1ccccc1. The number of amides is 2. The number of aliphatic hydroxyl groups is 2. The number of rotatable bonds is 5. The molecule has 6 heteroatoms. The number of hydrogen-bond donors (Lipinski definition) is 3. The topological polar surface area (TPSA) is 89.9 Å². The summed E-state index contributed by atoms with van der Waals surface area (Å²) in [5.74, 6) is -0.728. The zero-order valence-electron chi connectivity index (χ0n) is 14.4. The Morgan fingerprint density at radius 2 is 1.59 bits per heavy atom. The van der Waals surface area contributed by atoms with E-state index in [0.717, 1.165) is 5.39 Å². The first-order chi connectivity index (χ1) is 13.1. The van der Waals surface area contributed by atoms with Gasteiger partial charge in [0.15, 0.2) is 0 Å². The maximum Gasteiger partial charge on any atom is 0.265 e. The first-order valence-corrected chi connectivity index (χ1v) is 8.64. The fourth-order valence-electron chi connectivity index (χ4n) is 3.35. The second-order valence-electron chi connectivity index (χ2n) is 6.39. The van der Waals surface area contributed by atoms with Crippen molar-refractivity contribution in [1.82, 2.24) is 0 Å². The van der Waals surface area contributed by atoms with Crippen LogP contribution < -0.4 is 10.2 Å². The lowest BCUT2D eigenvalue weighted by molar-refractivity contribution is 0.0893. The standard InChI is InChI=1S/C21H18N2O4/c24-12-14(25)11-22-18-10-9-17-19-15(18)7-4-8-16(19)20(26)23(21(17)27)13-5-2-1-3-6-13/h1-10,14,22,24-25H,11-12H2. The summed E-state index contributed by atoms with van der Waals surface area (Å²) in [6.45, 7) is -0.190. The average Bonchev–Trinajstić information content (AvgIpc) is 2.71. The molecule has 27 heavy (non-hydrogen) atoms. The highest BCUT2D eigenvalue weighted by atomic mass is 16.3. The Bertz CT molecular complexity index is 1010. The molecule has 1 heterocycles. The Kier molecular flexibility index (Phi) is 4.35. The number of nitrogens with zero attached hydrogens (tertiary/aromatic N) is 1. The van der Waals surface area contributed by atoms with Gasteiger partial charge in [0.25, 0.3) is 11.8 Å². The van der Waals surface area contributed by atoms with Crippen molar-refractivity contribution in [3.8, 4) is 0 Å². The van der Waals surface area contributed by atoms with E-state index in [9.17, 15) is 14.7 Å². The van der Waals surface area contributed by atoms with Gasteiger partial charge in [-0.25, -0.2) is 4.90 Å². The molecule has 1 aliphatic rings. The van der Waals surface area contributed by atoms with Crippen LogP contribution in [-0.2, 0) is 0 Å². The fraction of sp³-hybridized carbons (Fsp3) is 0.143. The number of benzene rings is 3. The van der Waals surface area contributed by atoms with Crippen molar-refractivity contribution in [3.05, 3.63) is 71.8 Å². The van der Waals surface area contributed by atoms with Crippen LogP contribution in [0.3, 0.4) is 0 Å². The van der Waals surface area contributed by atoms with Crippen molar-refractivity contribution in [1.29, 1.82) is 0 Å². The zero-order valence-corrected chi connectivity index (χ0v) is 14.4. The van der Waals surface area contributed by atoms with Crippen LogP contribution in [0.15, 0.2) is 60.7 Å². The molecule has 136 valence electrons. The summed E-state index contributed by atoms with van der Waals surface area (Å²) in [7, 11) is 0. The molecule has 0 saturated heterocycles. The van der Waals surface area contributed by atoms with E-state index in [2.05, 4.69) is 5.32 Å². The van der Waals surface area contributed by atoms with E-state index in [1.54, 1.807) is 48.5 Å². The lowest BCUT2D eigenvalue weighted by Gasteiger charge is -2.28. The second kappa shape index (κ2) is 6.83. The van der Waals surface area contributed by atoms with Crippen LogP contribution in [-0.4, -0.2) is 41.3 Å². The highest BCUT2D eigenvalue weighted by molar-refractivity contribution is 6.36. The molecule has 1 atom stereocenters. The van der Waals surface area contributed by atoms with Crippen LogP contribution in [0.25, 0.3) is 10.8 Å². The van der Waals surface area contributed by atoms with Crippen LogP contribution in [0.1, 0.15) is 20.7 Å². The van der Waals surface area contributed by atoms with Crippen molar-refractivity contribution in [3.63, 3.8) is 0 Å². The number of imide groups is 1. The van der Waals surface area contributed by atoms with E-state index in [0.29, 0.717) is 27.9 Å². The van der Waals surface area contributed by atoms with Crippen LogP contribution >= 0.6 is 0 Å². The first kappa shape index (κ1) is 17.2. The third kappa shape index (κ3) is 2.85. The third-order valence-electron chi connectivity index (χ3n) is 4.66. The summed E-state index contributed by atoms with van der Waals surface area (Å²) in [5, 5.41) is 23.0. The summed E-state index contributed by atoms with van der Waals surface area (Å²) in [6.07, 6.45) is -0.896. The molecule has 3 aromatic carbocycles. The maximum atomic E-state index is 13.0. The lowest BCUT2D eigenvalue weighted by atomic mass is 9.92. The van der Waals surface area contributed by atoms with Gasteiger partial charge in [-0.05, 0) is 30.3 Å². The highest BCUT2D eigenvalue weighted by Gasteiger charge is 2.34.